The Labute approximate surface area is 190 Å². The fraction of sp³-hybridized carbons (Fsp3) is 0.0833. The van der Waals surface area contributed by atoms with Gasteiger partial charge in [-0.2, -0.15) is 5.10 Å². The van der Waals surface area contributed by atoms with Crippen LogP contribution in [0.25, 0.3) is 5.69 Å². The van der Waals surface area contributed by atoms with Crippen molar-refractivity contribution < 1.29 is 17.6 Å². The number of hydrogen-bond donors (Lipinski definition) is 2. The molecule has 33 heavy (non-hydrogen) atoms. The number of aryl methyl sites for hydroxylation is 1. The largest absolute Gasteiger partial charge is 0.348 e. The Bertz CT molecular complexity index is 1390. The Morgan fingerprint density at radius 3 is 2.48 bits per heavy atom. The van der Waals surface area contributed by atoms with E-state index in [1.54, 1.807) is 10.9 Å². The maximum atomic E-state index is 13.4. The number of amides is 1. The first-order chi connectivity index (χ1) is 15.8. The third kappa shape index (κ3) is 5.09. The number of halogens is 1. The molecule has 0 aliphatic rings. The Balaban J connectivity index is 1.42. The molecule has 4 aromatic rings. The van der Waals surface area contributed by atoms with Gasteiger partial charge in [0.15, 0.2) is 0 Å². The highest BCUT2D eigenvalue weighted by Gasteiger charge is 2.16. The predicted octanol–water partition coefficient (Wildman–Crippen LogP) is 4.05. The molecule has 1 heterocycles. The average molecular weight is 465 g/mol. The molecule has 0 saturated carbocycles. The first-order valence-electron chi connectivity index (χ1n) is 10.1. The van der Waals surface area contributed by atoms with Crippen LogP contribution in [0, 0.1) is 12.7 Å². The summed E-state index contributed by atoms with van der Waals surface area (Å²) in [5.41, 5.74) is 2.67. The fourth-order valence-electron chi connectivity index (χ4n) is 3.26. The van der Waals surface area contributed by atoms with Crippen LogP contribution in [-0.2, 0) is 16.6 Å². The van der Waals surface area contributed by atoms with Gasteiger partial charge in [0.2, 0.25) is 0 Å². The Morgan fingerprint density at radius 1 is 1.03 bits per heavy atom. The molecule has 0 aliphatic carbocycles. The summed E-state index contributed by atoms with van der Waals surface area (Å²) in [4.78, 5) is 12.6. The molecule has 3 aromatic carbocycles. The zero-order valence-electron chi connectivity index (χ0n) is 17.7. The highest BCUT2D eigenvalue weighted by molar-refractivity contribution is 7.92. The minimum Gasteiger partial charge on any atom is -0.348 e. The van der Waals surface area contributed by atoms with Crippen LogP contribution in [0.3, 0.4) is 0 Å². The number of sulfonamides is 1. The molecule has 9 heteroatoms. The number of aromatic nitrogens is 2. The number of anilines is 1. The lowest BCUT2D eigenvalue weighted by Crippen LogP contribution is -2.23. The van der Waals surface area contributed by atoms with E-state index in [4.69, 9.17) is 0 Å². The highest BCUT2D eigenvalue weighted by atomic mass is 32.2. The Kier molecular flexibility index (Phi) is 6.23. The van der Waals surface area contributed by atoms with Crippen LogP contribution in [0.4, 0.5) is 10.1 Å². The Hall–Kier alpha value is -3.98. The van der Waals surface area contributed by atoms with Crippen molar-refractivity contribution in [2.24, 2.45) is 0 Å². The van der Waals surface area contributed by atoms with Crippen LogP contribution in [-0.4, -0.2) is 24.1 Å². The second kappa shape index (κ2) is 9.25. The van der Waals surface area contributed by atoms with Gasteiger partial charge in [0.05, 0.1) is 10.6 Å². The SMILES string of the molecule is Cc1cc(S(=O)(=O)Nc2ccc(C(=O)NCc3ccccc3-n3cccn3)cc2)ccc1F. The minimum atomic E-state index is -3.88. The van der Waals surface area contributed by atoms with Gasteiger partial charge in [0.1, 0.15) is 5.82 Å². The van der Waals surface area contributed by atoms with Gasteiger partial charge in [-0.05, 0) is 72.6 Å². The summed E-state index contributed by atoms with van der Waals surface area (Å²) in [5.74, 6) is -0.773. The second-order valence-corrected chi connectivity index (χ2v) is 9.04. The van der Waals surface area contributed by atoms with Crippen molar-refractivity contribution in [1.29, 1.82) is 0 Å². The summed E-state index contributed by atoms with van der Waals surface area (Å²) in [6.07, 6.45) is 3.51. The lowest BCUT2D eigenvalue weighted by atomic mass is 10.1. The summed E-state index contributed by atoms with van der Waals surface area (Å²) in [6.45, 7) is 1.79. The molecule has 0 fully saturated rings. The lowest BCUT2D eigenvalue weighted by Gasteiger charge is -2.12. The van der Waals surface area contributed by atoms with E-state index in [-0.39, 0.29) is 22.1 Å². The molecule has 1 amide bonds. The van der Waals surface area contributed by atoms with Crippen molar-refractivity contribution in [2.45, 2.75) is 18.4 Å². The van der Waals surface area contributed by atoms with Gasteiger partial charge in [-0.3, -0.25) is 9.52 Å². The van der Waals surface area contributed by atoms with Crippen molar-refractivity contribution >= 4 is 21.6 Å². The van der Waals surface area contributed by atoms with Crippen molar-refractivity contribution in [3.63, 3.8) is 0 Å². The van der Waals surface area contributed by atoms with Crippen LogP contribution in [0.15, 0.2) is 90.1 Å². The molecular weight excluding hydrogens is 443 g/mol. The number of nitrogens with one attached hydrogen (secondary N) is 2. The first kappa shape index (κ1) is 22.2. The maximum Gasteiger partial charge on any atom is 0.261 e. The van der Waals surface area contributed by atoms with E-state index in [2.05, 4.69) is 15.1 Å². The van der Waals surface area contributed by atoms with Gasteiger partial charge in [-0.1, -0.05) is 18.2 Å². The molecule has 0 spiro atoms. The highest BCUT2D eigenvalue weighted by Crippen LogP contribution is 2.19. The normalized spacial score (nSPS) is 11.2. The summed E-state index contributed by atoms with van der Waals surface area (Å²) in [5, 5.41) is 7.10. The van der Waals surface area contributed by atoms with Crippen LogP contribution < -0.4 is 10.0 Å². The van der Waals surface area contributed by atoms with Gasteiger partial charge in [-0.15, -0.1) is 0 Å². The molecular formula is C24H21FN4O3S. The monoisotopic (exact) mass is 464 g/mol. The lowest BCUT2D eigenvalue weighted by molar-refractivity contribution is 0.0951. The van der Waals surface area contributed by atoms with Crippen LogP contribution in [0.1, 0.15) is 21.5 Å². The third-order valence-electron chi connectivity index (χ3n) is 5.02. The standard InChI is InChI=1S/C24H21FN4O3S/c1-17-15-21(11-12-22(17)25)33(31,32)28-20-9-7-18(8-10-20)24(30)26-16-19-5-2-3-6-23(19)29-14-4-13-27-29/h2-15,28H,16H2,1H3,(H,26,30). The molecule has 2 N–H and O–H groups in total. The van der Waals surface area contributed by atoms with Gasteiger partial charge in [0.25, 0.3) is 15.9 Å². The van der Waals surface area contributed by atoms with Crippen LogP contribution in [0.5, 0.6) is 0 Å². The number of carbonyl (C=O) groups excluding carboxylic acids is 1. The first-order valence-corrected chi connectivity index (χ1v) is 11.6. The molecule has 1 aromatic heterocycles. The maximum absolute atomic E-state index is 13.4. The summed E-state index contributed by atoms with van der Waals surface area (Å²) < 4.78 is 42.7. The number of hydrogen-bond acceptors (Lipinski definition) is 4. The molecule has 168 valence electrons. The van der Waals surface area contributed by atoms with E-state index >= 15 is 0 Å². The third-order valence-corrected chi connectivity index (χ3v) is 6.40. The van der Waals surface area contributed by atoms with E-state index in [0.29, 0.717) is 12.1 Å². The zero-order chi connectivity index (χ0) is 23.4. The van der Waals surface area contributed by atoms with E-state index < -0.39 is 15.8 Å². The molecule has 0 radical (unpaired) electrons. The van der Waals surface area contributed by atoms with Crippen molar-refractivity contribution in [3.8, 4) is 5.69 Å². The quantitative estimate of drug-likeness (QED) is 0.432. The minimum absolute atomic E-state index is 0.0425. The summed E-state index contributed by atoms with van der Waals surface area (Å²) >= 11 is 0. The van der Waals surface area contributed by atoms with Gasteiger partial charge >= 0.3 is 0 Å². The molecule has 7 nitrogen and oxygen atoms in total. The summed E-state index contributed by atoms with van der Waals surface area (Å²) in [7, 11) is -3.88. The smallest absolute Gasteiger partial charge is 0.261 e. The zero-order valence-corrected chi connectivity index (χ0v) is 18.5. The molecule has 0 aliphatic heterocycles. The molecule has 0 unspecified atom stereocenters. The van der Waals surface area contributed by atoms with Crippen molar-refractivity contribution in [3.05, 3.63) is 108 Å². The van der Waals surface area contributed by atoms with Crippen LogP contribution >= 0.6 is 0 Å². The number of carbonyl (C=O) groups is 1. The number of para-hydroxylation sites is 1. The van der Waals surface area contributed by atoms with Gasteiger partial charge in [-0.25, -0.2) is 17.5 Å². The van der Waals surface area contributed by atoms with Crippen molar-refractivity contribution in [2.75, 3.05) is 4.72 Å². The van der Waals surface area contributed by atoms with Crippen molar-refractivity contribution in [1.82, 2.24) is 15.1 Å². The molecule has 0 atom stereocenters. The average Bonchev–Trinajstić information content (AvgIpc) is 3.34. The van der Waals surface area contributed by atoms with Crippen LogP contribution in [0.2, 0.25) is 0 Å². The number of rotatable bonds is 7. The van der Waals surface area contributed by atoms with E-state index in [9.17, 15) is 17.6 Å². The number of benzene rings is 3. The molecule has 0 bridgehead atoms. The molecule has 4 rings (SSSR count). The molecule has 0 saturated heterocycles. The van der Waals surface area contributed by atoms with Gasteiger partial charge < -0.3 is 5.32 Å². The van der Waals surface area contributed by atoms with E-state index in [1.807, 2.05) is 36.5 Å². The Morgan fingerprint density at radius 2 is 1.79 bits per heavy atom. The predicted molar refractivity (Wildman–Crippen MR) is 123 cm³/mol. The topological polar surface area (TPSA) is 93.1 Å². The van der Waals surface area contributed by atoms with Gasteiger partial charge in [0, 0.05) is 30.2 Å². The number of nitrogens with zero attached hydrogens (tertiary/aromatic N) is 2. The van der Waals surface area contributed by atoms with E-state index in [1.165, 1.54) is 43.3 Å². The second-order valence-electron chi connectivity index (χ2n) is 7.36. The summed E-state index contributed by atoms with van der Waals surface area (Å²) in [6, 6.07) is 19.1. The fourth-order valence-corrected chi connectivity index (χ4v) is 4.40. The van der Waals surface area contributed by atoms with E-state index in [0.717, 1.165) is 17.3 Å².